The van der Waals surface area contributed by atoms with Gasteiger partial charge in [-0.1, -0.05) is 30.3 Å². The van der Waals surface area contributed by atoms with Crippen molar-refractivity contribution < 1.29 is 4.84 Å². The molecule has 0 bridgehead atoms. The first-order valence-corrected chi connectivity index (χ1v) is 6.21. The van der Waals surface area contributed by atoms with Gasteiger partial charge in [0.25, 0.3) is 0 Å². The summed E-state index contributed by atoms with van der Waals surface area (Å²) in [5.41, 5.74) is 6.32. The van der Waals surface area contributed by atoms with Crippen molar-refractivity contribution in [1.29, 1.82) is 0 Å². The molecule has 0 aliphatic heterocycles. The van der Waals surface area contributed by atoms with Crippen LogP contribution >= 0.6 is 0 Å². The van der Waals surface area contributed by atoms with Gasteiger partial charge in [0, 0.05) is 6.54 Å². The number of aromatic nitrogens is 2. The summed E-state index contributed by atoms with van der Waals surface area (Å²) < 4.78 is 1.98. The van der Waals surface area contributed by atoms with Gasteiger partial charge in [0.1, 0.15) is 0 Å². The highest BCUT2D eigenvalue weighted by Crippen LogP contribution is 2.04. The Balaban J connectivity index is 1.78. The van der Waals surface area contributed by atoms with E-state index in [0.29, 0.717) is 13.2 Å². The van der Waals surface area contributed by atoms with Crippen molar-refractivity contribution in [1.82, 2.24) is 15.3 Å². The molecule has 2 aromatic rings. The number of hydroxylamine groups is 1. The van der Waals surface area contributed by atoms with Gasteiger partial charge in [-0.05, 0) is 25.5 Å². The van der Waals surface area contributed by atoms with Gasteiger partial charge in [-0.2, -0.15) is 10.6 Å². The van der Waals surface area contributed by atoms with Crippen molar-refractivity contribution in [3.05, 3.63) is 53.3 Å². The molecule has 18 heavy (non-hydrogen) atoms. The van der Waals surface area contributed by atoms with Gasteiger partial charge in [0.15, 0.2) is 0 Å². The fourth-order valence-electron chi connectivity index (χ4n) is 1.85. The minimum atomic E-state index is 0.570. The van der Waals surface area contributed by atoms with E-state index < -0.39 is 0 Å². The highest BCUT2D eigenvalue weighted by atomic mass is 16.6. The summed E-state index contributed by atoms with van der Waals surface area (Å²) in [5.74, 6) is 0. The third-order valence-corrected chi connectivity index (χ3v) is 2.72. The maximum atomic E-state index is 5.44. The molecule has 1 aromatic heterocycles. The summed E-state index contributed by atoms with van der Waals surface area (Å²) in [6.07, 6.45) is 0. The summed E-state index contributed by atoms with van der Waals surface area (Å²) in [4.78, 5) is 5.44. The predicted octanol–water partition coefficient (Wildman–Crippen LogP) is 2.43. The largest absolute Gasteiger partial charge is 0.297 e. The molecule has 0 amide bonds. The highest BCUT2D eigenvalue weighted by molar-refractivity contribution is 5.13. The molecule has 96 valence electrons. The summed E-state index contributed by atoms with van der Waals surface area (Å²) in [6, 6.07) is 12.2. The van der Waals surface area contributed by atoms with Crippen molar-refractivity contribution in [2.45, 2.75) is 33.5 Å². The predicted molar refractivity (Wildman–Crippen MR) is 70.7 cm³/mol. The minimum absolute atomic E-state index is 0.570. The van der Waals surface area contributed by atoms with E-state index in [4.69, 9.17) is 4.84 Å². The summed E-state index contributed by atoms with van der Waals surface area (Å²) in [6.45, 7) is 6.20. The Hall–Kier alpha value is -1.65. The van der Waals surface area contributed by atoms with Gasteiger partial charge in [-0.15, -0.1) is 0 Å². The molecule has 0 saturated carbocycles. The zero-order valence-electron chi connectivity index (χ0n) is 10.9. The smallest absolute Gasteiger partial charge is 0.0933 e. The van der Waals surface area contributed by atoms with Gasteiger partial charge < -0.3 is 0 Å². The van der Waals surface area contributed by atoms with Crippen LogP contribution < -0.4 is 5.48 Å². The Bertz CT molecular complexity index is 479. The number of hydrogen-bond donors (Lipinski definition) is 1. The van der Waals surface area contributed by atoms with Crippen LogP contribution in [0, 0.1) is 6.92 Å². The Morgan fingerprint density at radius 1 is 1.28 bits per heavy atom. The Labute approximate surface area is 108 Å². The van der Waals surface area contributed by atoms with Crippen LogP contribution in [0.1, 0.15) is 23.9 Å². The number of rotatable bonds is 6. The topological polar surface area (TPSA) is 39.1 Å². The molecule has 1 aromatic carbocycles. The highest BCUT2D eigenvalue weighted by Gasteiger charge is 2.03. The van der Waals surface area contributed by atoms with E-state index in [2.05, 4.69) is 23.6 Å². The van der Waals surface area contributed by atoms with Crippen molar-refractivity contribution in [2.24, 2.45) is 0 Å². The Morgan fingerprint density at radius 2 is 2.06 bits per heavy atom. The molecular weight excluding hydrogens is 226 g/mol. The number of benzene rings is 1. The van der Waals surface area contributed by atoms with Crippen LogP contribution in [0.4, 0.5) is 0 Å². The molecule has 0 aliphatic rings. The van der Waals surface area contributed by atoms with E-state index in [0.717, 1.165) is 23.5 Å². The summed E-state index contributed by atoms with van der Waals surface area (Å²) in [7, 11) is 0. The van der Waals surface area contributed by atoms with Crippen LogP contribution in [0.25, 0.3) is 0 Å². The molecule has 0 radical (unpaired) electrons. The van der Waals surface area contributed by atoms with E-state index in [9.17, 15) is 0 Å². The lowest BCUT2D eigenvalue weighted by Gasteiger charge is -2.07. The average Bonchev–Trinajstić information content (AvgIpc) is 2.76. The molecule has 0 saturated heterocycles. The van der Waals surface area contributed by atoms with E-state index >= 15 is 0 Å². The molecular formula is C14H19N3O. The van der Waals surface area contributed by atoms with Gasteiger partial charge in [-0.25, -0.2) is 0 Å². The molecule has 0 aliphatic carbocycles. The van der Waals surface area contributed by atoms with Gasteiger partial charge in [-0.3, -0.25) is 9.52 Å². The molecule has 4 heteroatoms. The van der Waals surface area contributed by atoms with Crippen molar-refractivity contribution >= 4 is 0 Å². The lowest BCUT2D eigenvalue weighted by atomic mass is 10.2. The maximum absolute atomic E-state index is 5.44. The maximum Gasteiger partial charge on any atom is 0.0933 e. The standard InChI is InChI=1S/C14H19N3O/c1-3-17-14(9-12(2)16-17)10-15-18-11-13-7-5-4-6-8-13/h4-9,15H,3,10-11H2,1-2H3. The Morgan fingerprint density at radius 3 is 2.78 bits per heavy atom. The van der Waals surface area contributed by atoms with Gasteiger partial charge >= 0.3 is 0 Å². The molecule has 1 heterocycles. The molecule has 2 rings (SSSR count). The van der Waals surface area contributed by atoms with E-state index in [1.54, 1.807) is 0 Å². The quantitative estimate of drug-likeness (QED) is 0.627. The van der Waals surface area contributed by atoms with E-state index in [-0.39, 0.29) is 0 Å². The molecule has 0 spiro atoms. The zero-order chi connectivity index (χ0) is 12.8. The van der Waals surface area contributed by atoms with Crippen molar-refractivity contribution in [2.75, 3.05) is 0 Å². The fraction of sp³-hybridized carbons (Fsp3) is 0.357. The first-order valence-electron chi connectivity index (χ1n) is 6.21. The second-order valence-corrected chi connectivity index (χ2v) is 4.19. The first-order chi connectivity index (χ1) is 8.79. The molecule has 4 nitrogen and oxygen atoms in total. The van der Waals surface area contributed by atoms with E-state index in [1.165, 1.54) is 0 Å². The second kappa shape index (κ2) is 6.33. The second-order valence-electron chi connectivity index (χ2n) is 4.19. The van der Waals surface area contributed by atoms with Crippen LogP contribution in [-0.4, -0.2) is 9.78 Å². The fourth-order valence-corrected chi connectivity index (χ4v) is 1.85. The first kappa shape index (κ1) is 12.8. The normalized spacial score (nSPS) is 10.8. The third-order valence-electron chi connectivity index (χ3n) is 2.72. The summed E-state index contributed by atoms with van der Waals surface area (Å²) >= 11 is 0. The van der Waals surface area contributed by atoms with Crippen molar-refractivity contribution in [3.63, 3.8) is 0 Å². The van der Waals surface area contributed by atoms with Crippen LogP contribution in [0.5, 0.6) is 0 Å². The molecule has 1 N–H and O–H groups in total. The SMILES string of the molecule is CCn1nc(C)cc1CNOCc1ccccc1. The Kier molecular flexibility index (Phi) is 4.50. The number of hydrogen-bond acceptors (Lipinski definition) is 3. The lowest BCUT2D eigenvalue weighted by Crippen LogP contribution is -2.17. The minimum Gasteiger partial charge on any atom is -0.297 e. The van der Waals surface area contributed by atoms with Crippen LogP contribution in [0.3, 0.4) is 0 Å². The molecule has 0 atom stereocenters. The van der Waals surface area contributed by atoms with Gasteiger partial charge in [0.2, 0.25) is 0 Å². The number of nitrogens with zero attached hydrogens (tertiary/aromatic N) is 2. The van der Waals surface area contributed by atoms with E-state index in [1.807, 2.05) is 41.9 Å². The van der Waals surface area contributed by atoms with Gasteiger partial charge in [0.05, 0.1) is 24.5 Å². The third kappa shape index (κ3) is 3.42. The van der Waals surface area contributed by atoms with Crippen molar-refractivity contribution in [3.8, 4) is 0 Å². The number of nitrogens with one attached hydrogen (secondary N) is 1. The van der Waals surface area contributed by atoms with Crippen LogP contribution in [-0.2, 0) is 24.5 Å². The average molecular weight is 245 g/mol. The zero-order valence-corrected chi connectivity index (χ0v) is 10.9. The molecule has 0 unspecified atom stereocenters. The van der Waals surface area contributed by atoms with Crippen LogP contribution in [0.15, 0.2) is 36.4 Å². The lowest BCUT2D eigenvalue weighted by molar-refractivity contribution is 0.0221. The number of aryl methyl sites for hydroxylation is 2. The monoisotopic (exact) mass is 245 g/mol. The van der Waals surface area contributed by atoms with Crippen LogP contribution in [0.2, 0.25) is 0 Å². The summed E-state index contributed by atoms with van der Waals surface area (Å²) in [5, 5.41) is 4.39. The molecule has 0 fully saturated rings.